The van der Waals surface area contributed by atoms with Crippen LogP contribution in [0, 0.1) is 12.7 Å². The summed E-state index contributed by atoms with van der Waals surface area (Å²) in [4.78, 5) is 19.0. The molecular weight excluding hydrogens is 311 g/mol. The van der Waals surface area contributed by atoms with Gasteiger partial charge in [0.25, 0.3) is 5.56 Å². The maximum Gasteiger partial charge on any atom is 0.265 e. The van der Waals surface area contributed by atoms with E-state index in [0.29, 0.717) is 27.3 Å². The minimum Gasteiger partial charge on any atom is -0.306 e. The molecule has 0 spiro atoms. The fourth-order valence-corrected chi connectivity index (χ4v) is 2.49. The van der Waals surface area contributed by atoms with E-state index in [0.717, 1.165) is 18.5 Å². The Morgan fingerprint density at radius 2 is 2.16 bits per heavy atom. The van der Waals surface area contributed by atoms with Crippen molar-refractivity contribution < 1.29 is 4.39 Å². The molecule has 1 N–H and O–H groups in total. The molecule has 0 saturated heterocycles. The number of rotatable bonds is 2. The SMILES string of the molecule is Cc1ccc(-c2nc(C3CC3)c(Br)c(=O)[nH]2)cc1F. The summed E-state index contributed by atoms with van der Waals surface area (Å²) in [5, 5.41) is 0. The van der Waals surface area contributed by atoms with Gasteiger partial charge in [-0.1, -0.05) is 12.1 Å². The summed E-state index contributed by atoms with van der Waals surface area (Å²) in [7, 11) is 0. The highest BCUT2D eigenvalue weighted by atomic mass is 79.9. The van der Waals surface area contributed by atoms with Crippen molar-refractivity contribution in [2.45, 2.75) is 25.7 Å². The first-order chi connectivity index (χ1) is 9.06. The third-order valence-electron chi connectivity index (χ3n) is 3.30. The molecule has 1 aromatic carbocycles. The van der Waals surface area contributed by atoms with Gasteiger partial charge in [0.2, 0.25) is 0 Å². The van der Waals surface area contributed by atoms with Crippen molar-refractivity contribution in [2.75, 3.05) is 0 Å². The topological polar surface area (TPSA) is 45.8 Å². The standard InChI is InChI=1S/C14H12BrFN2O/c1-7-2-3-9(6-10(7)16)13-17-12(8-4-5-8)11(15)14(19)18-13/h2-3,6,8H,4-5H2,1H3,(H,17,18,19). The molecule has 98 valence electrons. The zero-order valence-corrected chi connectivity index (χ0v) is 11.9. The zero-order valence-electron chi connectivity index (χ0n) is 10.3. The lowest BCUT2D eigenvalue weighted by Gasteiger charge is -2.06. The lowest BCUT2D eigenvalue weighted by atomic mass is 10.1. The lowest BCUT2D eigenvalue weighted by molar-refractivity contribution is 0.619. The van der Waals surface area contributed by atoms with Gasteiger partial charge in [0.15, 0.2) is 0 Å². The van der Waals surface area contributed by atoms with Crippen LogP contribution in [0.25, 0.3) is 11.4 Å². The highest BCUT2D eigenvalue weighted by Crippen LogP contribution is 2.41. The van der Waals surface area contributed by atoms with Crippen LogP contribution >= 0.6 is 15.9 Å². The van der Waals surface area contributed by atoms with E-state index < -0.39 is 0 Å². The first kappa shape index (κ1) is 12.5. The molecular formula is C14H12BrFN2O. The van der Waals surface area contributed by atoms with Crippen molar-refractivity contribution >= 4 is 15.9 Å². The smallest absolute Gasteiger partial charge is 0.265 e. The van der Waals surface area contributed by atoms with Gasteiger partial charge in [-0.2, -0.15) is 0 Å². The summed E-state index contributed by atoms with van der Waals surface area (Å²) in [6.07, 6.45) is 2.10. The fourth-order valence-electron chi connectivity index (χ4n) is 1.98. The van der Waals surface area contributed by atoms with Crippen LogP contribution in [0.1, 0.15) is 30.0 Å². The van der Waals surface area contributed by atoms with Crippen LogP contribution in [0.3, 0.4) is 0 Å². The number of aromatic amines is 1. The van der Waals surface area contributed by atoms with Crippen LogP contribution in [0.5, 0.6) is 0 Å². The van der Waals surface area contributed by atoms with Crippen LogP contribution in [0.15, 0.2) is 27.5 Å². The van der Waals surface area contributed by atoms with Gasteiger partial charge < -0.3 is 4.98 Å². The zero-order chi connectivity index (χ0) is 13.6. The Morgan fingerprint density at radius 1 is 1.42 bits per heavy atom. The van der Waals surface area contributed by atoms with Gasteiger partial charge in [0, 0.05) is 11.5 Å². The molecule has 19 heavy (non-hydrogen) atoms. The van der Waals surface area contributed by atoms with Gasteiger partial charge in [-0.15, -0.1) is 0 Å². The first-order valence-electron chi connectivity index (χ1n) is 6.12. The molecule has 5 heteroatoms. The third kappa shape index (κ3) is 2.34. The predicted octanol–water partition coefficient (Wildman–Crippen LogP) is 3.52. The Kier molecular flexibility index (Phi) is 3.01. The number of nitrogens with zero attached hydrogens (tertiary/aromatic N) is 1. The maximum atomic E-state index is 13.6. The molecule has 0 atom stereocenters. The molecule has 0 amide bonds. The summed E-state index contributed by atoms with van der Waals surface area (Å²) in [5.41, 5.74) is 1.73. The van der Waals surface area contributed by atoms with Crippen molar-refractivity contribution in [1.82, 2.24) is 9.97 Å². The molecule has 3 rings (SSSR count). The molecule has 0 unspecified atom stereocenters. The molecule has 1 heterocycles. The summed E-state index contributed by atoms with van der Waals surface area (Å²) in [5.74, 6) is 0.482. The Balaban J connectivity index is 2.14. The van der Waals surface area contributed by atoms with E-state index in [1.165, 1.54) is 6.07 Å². The van der Waals surface area contributed by atoms with E-state index >= 15 is 0 Å². The molecule has 0 radical (unpaired) electrons. The minimum atomic E-state index is -0.295. The molecule has 1 aliphatic carbocycles. The van der Waals surface area contributed by atoms with Gasteiger partial charge in [-0.05, 0) is 47.3 Å². The molecule has 3 nitrogen and oxygen atoms in total. The molecule has 2 aromatic rings. The van der Waals surface area contributed by atoms with E-state index in [1.807, 2.05) is 0 Å². The molecule has 0 aliphatic heterocycles. The lowest BCUT2D eigenvalue weighted by Crippen LogP contribution is -2.13. The van der Waals surface area contributed by atoms with Gasteiger partial charge in [0.05, 0.1) is 5.69 Å². The highest BCUT2D eigenvalue weighted by molar-refractivity contribution is 9.10. The van der Waals surface area contributed by atoms with Crippen molar-refractivity contribution in [3.63, 3.8) is 0 Å². The van der Waals surface area contributed by atoms with Gasteiger partial charge in [-0.25, -0.2) is 9.37 Å². The Bertz CT molecular complexity index is 707. The average Bonchev–Trinajstić information content (AvgIpc) is 3.20. The van der Waals surface area contributed by atoms with Crippen LogP contribution in [-0.2, 0) is 0 Å². The highest BCUT2D eigenvalue weighted by Gasteiger charge is 2.29. The molecule has 1 saturated carbocycles. The van der Waals surface area contributed by atoms with Crippen molar-refractivity contribution in [3.05, 3.63) is 50.1 Å². The van der Waals surface area contributed by atoms with Gasteiger partial charge in [0.1, 0.15) is 16.1 Å². The monoisotopic (exact) mass is 322 g/mol. The number of hydrogen-bond donors (Lipinski definition) is 1. The Labute approximate surface area is 118 Å². The Morgan fingerprint density at radius 3 is 2.79 bits per heavy atom. The van der Waals surface area contributed by atoms with Crippen LogP contribution in [0.4, 0.5) is 4.39 Å². The van der Waals surface area contributed by atoms with E-state index in [1.54, 1.807) is 19.1 Å². The maximum absolute atomic E-state index is 13.6. The van der Waals surface area contributed by atoms with Crippen molar-refractivity contribution in [2.24, 2.45) is 0 Å². The van der Waals surface area contributed by atoms with Crippen LogP contribution < -0.4 is 5.56 Å². The average molecular weight is 323 g/mol. The number of nitrogens with one attached hydrogen (secondary N) is 1. The second-order valence-corrected chi connectivity index (χ2v) is 5.64. The Hall–Kier alpha value is -1.49. The number of halogens is 2. The molecule has 1 aliphatic rings. The minimum absolute atomic E-state index is 0.215. The number of aromatic nitrogens is 2. The molecule has 0 bridgehead atoms. The van der Waals surface area contributed by atoms with Crippen molar-refractivity contribution in [3.8, 4) is 11.4 Å². The van der Waals surface area contributed by atoms with Crippen molar-refractivity contribution in [1.29, 1.82) is 0 Å². The third-order valence-corrected chi connectivity index (χ3v) is 4.06. The molecule has 1 aromatic heterocycles. The first-order valence-corrected chi connectivity index (χ1v) is 6.92. The summed E-state index contributed by atoms with van der Waals surface area (Å²) < 4.78 is 14.1. The summed E-state index contributed by atoms with van der Waals surface area (Å²) in [6.45, 7) is 1.70. The number of benzene rings is 1. The van der Waals surface area contributed by atoms with Crippen LogP contribution in [-0.4, -0.2) is 9.97 Å². The van der Waals surface area contributed by atoms with E-state index in [-0.39, 0.29) is 11.4 Å². The second-order valence-electron chi connectivity index (χ2n) is 4.85. The van der Waals surface area contributed by atoms with E-state index in [9.17, 15) is 9.18 Å². The summed E-state index contributed by atoms with van der Waals surface area (Å²) in [6, 6.07) is 4.85. The van der Waals surface area contributed by atoms with E-state index in [4.69, 9.17) is 0 Å². The van der Waals surface area contributed by atoms with Crippen LogP contribution in [0.2, 0.25) is 0 Å². The van der Waals surface area contributed by atoms with Gasteiger partial charge in [-0.3, -0.25) is 4.79 Å². The largest absolute Gasteiger partial charge is 0.306 e. The molecule has 1 fully saturated rings. The predicted molar refractivity (Wildman–Crippen MR) is 74.7 cm³/mol. The fraction of sp³-hybridized carbons (Fsp3) is 0.286. The summed E-state index contributed by atoms with van der Waals surface area (Å²) >= 11 is 3.27. The second kappa shape index (κ2) is 4.56. The number of aryl methyl sites for hydroxylation is 1. The van der Waals surface area contributed by atoms with Gasteiger partial charge >= 0.3 is 0 Å². The normalized spacial score (nSPS) is 14.7. The number of hydrogen-bond acceptors (Lipinski definition) is 2. The van der Waals surface area contributed by atoms with E-state index in [2.05, 4.69) is 25.9 Å². The quantitative estimate of drug-likeness (QED) is 0.919. The number of H-pyrrole nitrogens is 1.